The van der Waals surface area contributed by atoms with E-state index in [1.54, 1.807) is 6.07 Å². The van der Waals surface area contributed by atoms with E-state index >= 15 is 0 Å². The van der Waals surface area contributed by atoms with E-state index < -0.39 is 0 Å². The van der Waals surface area contributed by atoms with Gasteiger partial charge in [-0.2, -0.15) is 5.10 Å². The minimum Gasteiger partial charge on any atom is -0.484 e. The molecule has 21 heavy (non-hydrogen) atoms. The molecule has 1 amide bonds. The van der Waals surface area contributed by atoms with Crippen molar-refractivity contribution in [3.8, 4) is 5.75 Å². The monoisotopic (exact) mass is 398 g/mol. The Bertz CT molecular complexity index is 644. The van der Waals surface area contributed by atoms with Gasteiger partial charge >= 0.3 is 0 Å². The summed E-state index contributed by atoms with van der Waals surface area (Å²) in [6, 6.07) is 9.39. The highest BCUT2D eigenvalue weighted by Gasteiger charge is 2.03. The molecule has 0 aliphatic rings. The first-order chi connectivity index (χ1) is 10.0. The van der Waals surface area contributed by atoms with Crippen LogP contribution in [0.1, 0.15) is 16.9 Å². The number of halogens is 1. The lowest BCUT2D eigenvalue weighted by atomic mass is 10.1. The molecule has 0 spiro atoms. The number of hydrogen-bond donors (Lipinski definition) is 1. The van der Waals surface area contributed by atoms with Crippen LogP contribution in [0, 0.1) is 17.6 Å². The quantitative estimate of drug-likeness (QED) is 0.479. The maximum Gasteiger partial charge on any atom is 0.277 e. The second-order valence-corrected chi connectivity index (χ2v) is 5.61. The molecule has 0 aliphatic heterocycles. The first kappa shape index (κ1) is 15.6. The van der Waals surface area contributed by atoms with E-state index in [4.69, 9.17) is 9.15 Å². The van der Waals surface area contributed by atoms with Crippen molar-refractivity contribution in [2.75, 3.05) is 6.61 Å². The van der Waals surface area contributed by atoms with Crippen molar-refractivity contribution in [2.45, 2.75) is 13.8 Å². The van der Waals surface area contributed by atoms with Crippen LogP contribution in [0.5, 0.6) is 5.75 Å². The zero-order chi connectivity index (χ0) is 15.2. The van der Waals surface area contributed by atoms with Crippen molar-refractivity contribution in [2.24, 2.45) is 5.10 Å². The molecule has 1 aromatic carbocycles. The molecule has 0 unspecified atom stereocenters. The summed E-state index contributed by atoms with van der Waals surface area (Å²) in [4.78, 5) is 11.6. The molecular formula is C15H15IN2O3. The molecule has 0 saturated heterocycles. The minimum absolute atomic E-state index is 0.0874. The van der Waals surface area contributed by atoms with Crippen LogP contribution in [-0.2, 0) is 4.79 Å². The highest BCUT2D eigenvalue weighted by Crippen LogP contribution is 2.15. The van der Waals surface area contributed by atoms with Crippen LogP contribution in [-0.4, -0.2) is 18.7 Å². The van der Waals surface area contributed by atoms with Crippen LogP contribution in [0.15, 0.2) is 39.9 Å². The smallest absolute Gasteiger partial charge is 0.277 e. The highest BCUT2D eigenvalue weighted by atomic mass is 127. The van der Waals surface area contributed by atoms with Crippen molar-refractivity contribution in [3.63, 3.8) is 0 Å². The number of rotatable bonds is 5. The van der Waals surface area contributed by atoms with Crippen LogP contribution in [0.4, 0.5) is 0 Å². The number of benzene rings is 1. The lowest BCUT2D eigenvalue weighted by Crippen LogP contribution is -2.24. The summed E-state index contributed by atoms with van der Waals surface area (Å²) >= 11 is 2.06. The van der Waals surface area contributed by atoms with Gasteiger partial charge in [0.05, 0.1) is 6.21 Å². The Labute approximate surface area is 136 Å². The SMILES string of the molecule is Cc1cc(C)cc(OCC(=O)NN=Cc2ccc(I)o2)c1. The lowest BCUT2D eigenvalue weighted by Gasteiger charge is -2.07. The van der Waals surface area contributed by atoms with Gasteiger partial charge in [0.2, 0.25) is 0 Å². The molecule has 5 nitrogen and oxygen atoms in total. The van der Waals surface area contributed by atoms with Crippen molar-refractivity contribution in [1.82, 2.24) is 5.43 Å². The molecule has 1 heterocycles. The number of aryl methyl sites for hydroxylation is 2. The molecule has 0 atom stereocenters. The van der Waals surface area contributed by atoms with Crippen LogP contribution in [0.25, 0.3) is 0 Å². The standard InChI is InChI=1S/C15H15IN2O3/c1-10-5-11(2)7-13(6-10)20-9-15(19)18-17-8-12-3-4-14(16)21-12/h3-8H,9H2,1-2H3,(H,18,19). The Balaban J connectivity index is 1.80. The van der Waals surface area contributed by atoms with Gasteiger partial charge in [-0.3, -0.25) is 4.79 Å². The van der Waals surface area contributed by atoms with Gasteiger partial charge in [-0.05, 0) is 71.8 Å². The topological polar surface area (TPSA) is 63.8 Å². The fraction of sp³-hybridized carbons (Fsp3) is 0.200. The number of ether oxygens (including phenoxy) is 1. The van der Waals surface area contributed by atoms with E-state index in [2.05, 4.69) is 33.1 Å². The molecule has 0 aliphatic carbocycles. The summed E-state index contributed by atoms with van der Waals surface area (Å²) in [5, 5.41) is 3.80. The number of carbonyl (C=O) groups excluding carboxylic acids is 1. The van der Waals surface area contributed by atoms with E-state index in [0.717, 1.165) is 14.9 Å². The number of hydrazone groups is 1. The van der Waals surface area contributed by atoms with Crippen LogP contribution >= 0.6 is 22.6 Å². The fourth-order valence-corrected chi connectivity index (χ4v) is 2.20. The third-order valence-electron chi connectivity index (χ3n) is 2.54. The highest BCUT2D eigenvalue weighted by molar-refractivity contribution is 14.1. The minimum atomic E-state index is -0.327. The van der Waals surface area contributed by atoms with Gasteiger partial charge in [-0.15, -0.1) is 0 Å². The van der Waals surface area contributed by atoms with Gasteiger partial charge < -0.3 is 9.15 Å². The van der Waals surface area contributed by atoms with Crippen molar-refractivity contribution >= 4 is 34.7 Å². The molecule has 0 saturated carbocycles. The molecule has 2 rings (SSSR count). The maximum atomic E-state index is 11.6. The number of hydrogen-bond acceptors (Lipinski definition) is 4. The summed E-state index contributed by atoms with van der Waals surface area (Å²) in [5.41, 5.74) is 4.57. The molecule has 6 heteroatoms. The average Bonchev–Trinajstić information content (AvgIpc) is 2.81. The lowest BCUT2D eigenvalue weighted by molar-refractivity contribution is -0.123. The Kier molecular flexibility index (Phi) is 5.38. The van der Waals surface area contributed by atoms with Crippen LogP contribution in [0.3, 0.4) is 0 Å². The van der Waals surface area contributed by atoms with E-state index in [1.807, 2.05) is 38.1 Å². The summed E-state index contributed by atoms with van der Waals surface area (Å²) in [6.07, 6.45) is 1.44. The zero-order valence-corrected chi connectivity index (χ0v) is 13.9. The predicted octanol–water partition coefficient (Wildman–Crippen LogP) is 3.03. The molecule has 0 radical (unpaired) electrons. The second-order valence-electron chi connectivity index (χ2n) is 4.55. The predicted molar refractivity (Wildman–Crippen MR) is 88.6 cm³/mol. The van der Waals surface area contributed by atoms with Crippen LogP contribution < -0.4 is 10.2 Å². The van der Waals surface area contributed by atoms with Gasteiger partial charge in [0.15, 0.2) is 10.4 Å². The Morgan fingerprint density at radius 1 is 1.33 bits per heavy atom. The molecule has 0 bridgehead atoms. The first-order valence-corrected chi connectivity index (χ1v) is 7.39. The molecular weight excluding hydrogens is 383 g/mol. The van der Waals surface area contributed by atoms with E-state index in [9.17, 15) is 4.79 Å². The summed E-state index contributed by atoms with van der Waals surface area (Å²) < 4.78 is 11.5. The number of nitrogens with one attached hydrogen (secondary N) is 1. The van der Waals surface area contributed by atoms with E-state index in [1.165, 1.54) is 6.21 Å². The Morgan fingerprint density at radius 2 is 2.05 bits per heavy atom. The number of amides is 1. The maximum absolute atomic E-state index is 11.6. The number of carbonyl (C=O) groups is 1. The summed E-state index contributed by atoms with van der Waals surface area (Å²) in [7, 11) is 0. The van der Waals surface area contributed by atoms with E-state index in [-0.39, 0.29) is 12.5 Å². The molecule has 2 aromatic rings. The Morgan fingerprint density at radius 3 is 2.67 bits per heavy atom. The Hall–Kier alpha value is -1.83. The second kappa shape index (κ2) is 7.26. The third-order valence-corrected chi connectivity index (χ3v) is 3.12. The molecule has 1 N–H and O–H groups in total. The largest absolute Gasteiger partial charge is 0.484 e. The summed E-state index contributed by atoms with van der Waals surface area (Å²) in [6.45, 7) is 3.87. The van der Waals surface area contributed by atoms with Gasteiger partial charge in [0, 0.05) is 0 Å². The number of nitrogens with zero attached hydrogens (tertiary/aromatic N) is 1. The van der Waals surface area contributed by atoms with Gasteiger partial charge in [0.1, 0.15) is 11.5 Å². The average molecular weight is 398 g/mol. The molecule has 1 aromatic heterocycles. The molecule has 110 valence electrons. The van der Waals surface area contributed by atoms with Gasteiger partial charge in [-0.1, -0.05) is 6.07 Å². The van der Waals surface area contributed by atoms with Crippen molar-refractivity contribution in [3.05, 3.63) is 51.0 Å². The van der Waals surface area contributed by atoms with E-state index in [0.29, 0.717) is 11.5 Å². The third kappa shape index (κ3) is 5.22. The van der Waals surface area contributed by atoms with Gasteiger partial charge in [-0.25, -0.2) is 5.43 Å². The van der Waals surface area contributed by atoms with Crippen molar-refractivity contribution in [1.29, 1.82) is 0 Å². The zero-order valence-electron chi connectivity index (χ0n) is 11.7. The number of furan rings is 1. The van der Waals surface area contributed by atoms with Crippen molar-refractivity contribution < 1.29 is 13.9 Å². The van der Waals surface area contributed by atoms with Crippen LogP contribution in [0.2, 0.25) is 0 Å². The first-order valence-electron chi connectivity index (χ1n) is 6.31. The van der Waals surface area contributed by atoms with Gasteiger partial charge in [0.25, 0.3) is 5.91 Å². The summed E-state index contributed by atoms with van der Waals surface area (Å²) in [5.74, 6) is 0.925. The fourth-order valence-electron chi connectivity index (χ4n) is 1.76. The molecule has 0 fully saturated rings. The normalized spacial score (nSPS) is 10.8.